The van der Waals surface area contributed by atoms with E-state index < -0.39 is 6.23 Å². The molecule has 2 aromatic rings. The maximum atomic E-state index is 9.83. The van der Waals surface area contributed by atoms with Gasteiger partial charge in [-0.25, -0.2) is 4.98 Å². The van der Waals surface area contributed by atoms with Crippen molar-refractivity contribution in [3.05, 3.63) is 41.7 Å². The molecule has 0 aliphatic carbocycles. The van der Waals surface area contributed by atoms with E-state index >= 15 is 0 Å². The molecule has 1 aromatic carbocycles. The smallest absolute Gasteiger partial charge is 0.242 e. The molecular formula is C14H19N6O2+. The van der Waals surface area contributed by atoms with Crippen molar-refractivity contribution in [2.75, 3.05) is 25.0 Å². The number of nitrogens with zero attached hydrogens (tertiary/aromatic N) is 3. The van der Waals surface area contributed by atoms with Gasteiger partial charge in [0, 0.05) is 25.2 Å². The third kappa shape index (κ3) is 3.74. The molecular weight excluding hydrogens is 284 g/mol. The molecule has 1 atom stereocenters. The second-order valence-corrected chi connectivity index (χ2v) is 4.95. The predicted molar refractivity (Wildman–Crippen MR) is 79.0 cm³/mol. The molecule has 22 heavy (non-hydrogen) atoms. The van der Waals surface area contributed by atoms with Crippen molar-refractivity contribution in [3.63, 3.8) is 0 Å². The van der Waals surface area contributed by atoms with E-state index in [0.29, 0.717) is 19.1 Å². The minimum atomic E-state index is -0.567. The van der Waals surface area contributed by atoms with Gasteiger partial charge >= 0.3 is 0 Å². The van der Waals surface area contributed by atoms with E-state index in [4.69, 9.17) is 4.84 Å². The Balaban J connectivity index is 1.44. The first kappa shape index (κ1) is 14.8. The Morgan fingerprint density at radius 2 is 2.36 bits per heavy atom. The molecule has 1 unspecified atom stereocenters. The zero-order chi connectivity index (χ0) is 15.2. The van der Waals surface area contributed by atoms with Crippen LogP contribution in [0.5, 0.6) is 0 Å². The van der Waals surface area contributed by atoms with Crippen LogP contribution in [0.3, 0.4) is 0 Å². The van der Waals surface area contributed by atoms with Crippen LogP contribution in [-0.2, 0) is 11.3 Å². The number of anilines is 1. The molecule has 0 fully saturated rings. The molecule has 1 aromatic heterocycles. The monoisotopic (exact) mass is 303 g/mol. The molecule has 2 heterocycles. The second-order valence-electron chi connectivity index (χ2n) is 4.95. The van der Waals surface area contributed by atoms with Gasteiger partial charge in [0.2, 0.25) is 5.95 Å². The molecule has 3 rings (SSSR count). The number of aliphatic hydroxyl groups excluding tert-OH is 1. The predicted octanol–water partition coefficient (Wildman–Crippen LogP) is -0.753. The average Bonchev–Trinajstić information content (AvgIpc) is 2.56. The standard InChI is InChI=1S/C14H18N6O2/c21-13-12-2-1-11(9-10(12)3-4-15-13)20-22-8-7-17-14-16-5-6-18-19-14/h1-2,5-6,9,13,15,20-21H,3-4,7-8H2,(H,16,17,19)/p+1. The first-order valence-electron chi connectivity index (χ1n) is 7.19. The lowest BCUT2D eigenvalue weighted by molar-refractivity contribution is -0.836. The number of aliphatic hydroxyl groups is 1. The SMILES string of the molecule is OC1NCCc2cc([NH2+]OCCNc3nccnn3)ccc21. The lowest BCUT2D eigenvalue weighted by Crippen LogP contribution is -2.77. The van der Waals surface area contributed by atoms with Crippen molar-refractivity contribution < 1.29 is 15.4 Å². The van der Waals surface area contributed by atoms with E-state index in [2.05, 4.69) is 31.9 Å². The minimum absolute atomic E-state index is 0.487. The first-order valence-corrected chi connectivity index (χ1v) is 7.19. The molecule has 1 aliphatic heterocycles. The van der Waals surface area contributed by atoms with Crippen molar-refractivity contribution >= 4 is 11.6 Å². The van der Waals surface area contributed by atoms with Gasteiger partial charge in [-0.15, -0.1) is 5.10 Å². The largest absolute Gasteiger partial charge is 0.374 e. The van der Waals surface area contributed by atoms with Gasteiger partial charge in [-0.05, 0) is 23.6 Å². The fourth-order valence-corrected chi connectivity index (χ4v) is 2.34. The molecule has 0 amide bonds. The lowest BCUT2D eigenvalue weighted by atomic mass is 9.99. The van der Waals surface area contributed by atoms with Gasteiger partial charge in [0.15, 0.2) is 5.69 Å². The number of hydrogen-bond acceptors (Lipinski definition) is 7. The molecule has 0 bridgehead atoms. The van der Waals surface area contributed by atoms with Crippen molar-refractivity contribution in [3.8, 4) is 0 Å². The third-order valence-electron chi connectivity index (χ3n) is 3.40. The van der Waals surface area contributed by atoms with Crippen LogP contribution in [0.4, 0.5) is 11.6 Å². The summed E-state index contributed by atoms with van der Waals surface area (Å²) in [6, 6.07) is 5.92. The van der Waals surface area contributed by atoms with Crippen molar-refractivity contribution in [1.82, 2.24) is 20.5 Å². The number of nitrogens with two attached hydrogens (primary N) is 1. The van der Waals surface area contributed by atoms with Crippen LogP contribution in [0.1, 0.15) is 17.4 Å². The van der Waals surface area contributed by atoms with Gasteiger partial charge in [0.1, 0.15) is 12.8 Å². The topological polar surface area (TPSA) is 109 Å². The number of benzene rings is 1. The van der Waals surface area contributed by atoms with Gasteiger partial charge in [-0.2, -0.15) is 15.4 Å². The Labute approximate surface area is 127 Å². The molecule has 0 spiro atoms. The van der Waals surface area contributed by atoms with Crippen LogP contribution < -0.4 is 16.1 Å². The number of aromatic nitrogens is 3. The van der Waals surface area contributed by atoms with E-state index in [1.165, 1.54) is 6.20 Å². The van der Waals surface area contributed by atoms with Crippen molar-refractivity contribution in [2.24, 2.45) is 0 Å². The molecule has 0 saturated heterocycles. The second kappa shape index (κ2) is 7.23. The lowest BCUT2D eigenvalue weighted by Gasteiger charge is -2.22. The van der Waals surface area contributed by atoms with Gasteiger partial charge < -0.3 is 10.4 Å². The summed E-state index contributed by atoms with van der Waals surface area (Å²) in [5, 5.41) is 23.4. The average molecular weight is 303 g/mol. The zero-order valence-corrected chi connectivity index (χ0v) is 12.1. The van der Waals surface area contributed by atoms with Crippen molar-refractivity contribution in [2.45, 2.75) is 12.6 Å². The van der Waals surface area contributed by atoms with Gasteiger partial charge in [0.25, 0.3) is 0 Å². The number of hydrogen-bond donors (Lipinski definition) is 4. The van der Waals surface area contributed by atoms with E-state index in [1.807, 2.05) is 12.1 Å². The Hall–Kier alpha value is -2.13. The summed E-state index contributed by atoms with van der Waals surface area (Å²) in [6.45, 7) is 1.88. The maximum absolute atomic E-state index is 9.83. The fraction of sp³-hybridized carbons (Fsp3) is 0.357. The van der Waals surface area contributed by atoms with Gasteiger partial charge in [-0.3, -0.25) is 5.32 Å². The highest BCUT2D eigenvalue weighted by Gasteiger charge is 2.17. The molecule has 0 radical (unpaired) electrons. The van der Waals surface area contributed by atoms with E-state index in [1.54, 1.807) is 11.7 Å². The maximum Gasteiger partial charge on any atom is 0.242 e. The molecule has 0 saturated carbocycles. The Morgan fingerprint density at radius 1 is 1.41 bits per heavy atom. The highest BCUT2D eigenvalue weighted by Crippen LogP contribution is 2.22. The summed E-state index contributed by atoms with van der Waals surface area (Å²) in [7, 11) is 0. The quantitative estimate of drug-likeness (QED) is 0.316. The molecule has 8 heteroatoms. The minimum Gasteiger partial charge on any atom is -0.374 e. The summed E-state index contributed by atoms with van der Waals surface area (Å²) in [6.07, 6.45) is 3.45. The number of nitrogens with one attached hydrogen (secondary N) is 2. The zero-order valence-electron chi connectivity index (χ0n) is 12.1. The molecule has 116 valence electrons. The van der Waals surface area contributed by atoms with E-state index in [9.17, 15) is 5.11 Å². The number of fused-ring (bicyclic) bond motifs is 1. The van der Waals surface area contributed by atoms with Crippen molar-refractivity contribution in [1.29, 1.82) is 0 Å². The summed E-state index contributed by atoms with van der Waals surface area (Å²) in [5.41, 5.74) is 4.82. The Morgan fingerprint density at radius 3 is 3.23 bits per heavy atom. The summed E-state index contributed by atoms with van der Waals surface area (Å²) in [4.78, 5) is 9.53. The number of rotatable bonds is 6. The van der Waals surface area contributed by atoms with Crippen LogP contribution in [0.25, 0.3) is 0 Å². The van der Waals surface area contributed by atoms with Crippen LogP contribution in [0.2, 0.25) is 0 Å². The highest BCUT2D eigenvalue weighted by atomic mass is 16.6. The van der Waals surface area contributed by atoms with Crippen LogP contribution in [-0.4, -0.2) is 40.0 Å². The normalized spacial score (nSPS) is 17.0. The van der Waals surface area contributed by atoms with Gasteiger partial charge in [0.05, 0.1) is 12.4 Å². The summed E-state index contributed by atoms with van der Waals surface area (Å²) >= 11 is 0. The Kier molecular flexibility index (Phi) is 4.86. The third-order valence-corrected chi connectivity index (χ3v) is 3.40. The van der Waals surface area contributed by atoms with Crippen LogP contribution >= 0.6 is 0 Å². The molecule has 1 aliphatic rings. The molecule has 5 N–H and O–H groups in total. The summed E-state index contributed by atoms with van der Waals surface area (Å²) < 4.78 is 0. The Bertz CT molecular complexity index is 610. The van der Waals surface area contributed by atoms with E-state index in [0.717, 1.165) is 29.8 Å². The van der Waals surface area contributed by atoms with Gasteiger partial charge in [-0.1, -0.05) is 0 Å². The summed E-state index contributed by atoms with van der Waals surface area (Å²) in [5.74, 6) is 0.487. The highest BCUT2D eigenvalue weighted by molar-refractivity contribution is 5.41. The van der Waals surface area contributed by atoms with Crippen LogP contribution in [0.15, 0.2) is 30.6 Å². The van der Waals surface area contributed by atoms with E-state index in [-0.39, 0.29) is 0 Å². The first-order chi connectivity index (χ1) is 10.8. The fourth-order valence-electron chi connectivity index (χ4n) is 2.34. The number of quaternary nitrogens is 1. The molecule has 8 nitrogen and oxygen atoms in total. The van der Waals surface area contributed by atoms with Crippen LogP contribution in [0, 0.1) is 0 Å².